The van der Waals surface area contributed by atoms with Gasteiger partial charge in [0.1, 0.15) is 4.21 Å². The van der Waals surface area contributed by atoms with Gasteiger partial charge in [0.05, 0.1) is 5.56 Å². The first kappa shape index (κ1) is 18.9. The first-order valence-corrected chi connectivity index (χ1v) is 11.4. The lowest BCUT2D eigenvalue weighted by Gasteiger charge is -2.19. The maximum Gasteiger partial charge on any atom is 0.271 e. The fourth-order valence-electron chi connectivity index (χ4n) is 3.09. The van der Waals surface area contributed by atoms with Crippen molar-refractivity contribution < 1.29 is 13.2 Å². The number of carbonyl (C=O) groups excluding carboxylic acids is 1. The number of benzene rings is 1. The van der Waals surface area contributed by atoms with Gasteiger partial charge in [-0.3, -0.25) is 9.52 Å². The number of rotatable bonds is 5. The molecule has 0 aliphatic carbocycles. The second-order valence-corrected chi connectivity index (χ2v) is 9.34. The van der Waals surface area contributed by atoms with E-state index in [2.05, 4.69) is 4.72 Å². The molecule has 0 bridgehead atoms. The van der Waals surface area contributed by atoms with Gasteiger partial charge in [-0.15, -0.1) is 11.3 Å². The minimum absolute atomic E-state index is 0.0717. The van der Waals surface area contributed by atoms with Gasteiger partial charge in [-0.1, -0.05) is 31.9 Å². The molecule has 5 nitrogen and oxygen atoms in total. The Labute approximate surface area is 159 Å². The van der Waals surface area contributed by atoms with E-state index >= 15 is 0 Å². The maximum atomic E-state index is 12.7. The summed E-state index contributed by atoms with van der Waals surface area (Å²) >= 11 is 1.09. The Morgan fingerprint density at radius 1 is 1.15 bits per heavy atom. The summed E-state index contributed by atoms with van der Waals surface area (Å²) in [7, 11) is -3.69. The fourth-order valence-corrected chi connectivity index (χ4v) is 5.29. The van der Waals surface area contributed by atoms with Gasteiger partial charge < -0.3 is 4.90 Å². The van der Waals surface area contributed by atoms with E-state index in [0.29, 0.717) is 11.3 Å². The molecule has 0 atom stereocenters. The minimum atomic E-state index is -3.69. The van der Waals surface area contributed by atoms with Gasteiger partial charge in [0.15, 0.2) is 0 Å². The predicted octanol–water partition coefficient (Wildman–Crippen LogP) is 4.13. The number of amides is 1. The molecule has 0 radical (unpaired) electrons. The molecule has 1 aromatic heterocycles. The molecule has 26 heavy (non-hydrogen) atoms. The molecule has 1 fully saturated rings. The second-order valence-electron chi connectivity index (χ2n) is 6.52. The lowest BCUT2D eigenvalue weighted by atomic mass is 10.1. The minimum Gasteiger partial charge on any atom is -0.339 e. The van der Waals surface area contributed by atoms with Gasteiger partial charge in [0, 0.05) is 24.2 Å². The van der Waals surface area contributed by atoms with Crippen molar-refractivity contribution in [3.63, 3.8) is 0 Å². The van der Waals surface area contributed by atoms with Gasteiger partial charge in [0.2, 0.25) is 0 Å². The Balaban J connectivity index is 1.75. The zero-order valence-electron chi connectivity index (χ0n) is 14.9. The predicted molar refractivity (Wildman–Crippen MR) is 105 cm³/mol. The molecule has 1 saturated heterocycles. The number of likely N-dealkylation sites (tertiary alicyclic amines) is 1. The number of nitrogens with one attached hydrogen (secondary N) is 1. The lowest BCUT2D eigenvalue weighted by Crippen LogP contribution is -2.31. The van der Waals surface area contributed by atoms with Crippen LogP contribution < -0.4 is 4.72 Å². The Morgan fingerprint density at radius 2 is 1.88 bits per heavy atom. The summed E-state index contributed by atoms with van der Waals surface area (Å²) in [6.45, 7) is 3.52. The van der Waals surface area contributed by atoms with Crippen molar-refractivity contribution >= 4 is 33.0 Å². The highest BCUT2D eigenvalue weighted by Crippen LogP contribution is 2.25. The highest BCUT2D eigenvalue weighted by atomic mass is 32.2. The van der Waals surface area contributed by atoms with Crippen molar-refractivity contribution in [3.8, 4) is 0 Å². The Morgan fingerprint density at radius 3 is 2.58 bits per heavy atom. The summed E-state index contributed by atoms with van der Waals surface area (Å²) in [4.78, 5) is 14.5. The Bertz CT molecular complexity index is 866. The smallest absolute Gasteiger partial charge is 0.271 e. The normalized spacial score (nSPS) is 15.5. The highest BCUT2D eigenvalue weighted by molar-refractivity contribution is 7.94. The summed E-state index contributed by atoms with van der Waals surface area (Å²) in [5, 5.41) is 1.64. The molecule has 1 amide bonds. The second kappa shape index (κ2) is 8.22. The van der Waals surface area contributed by atoms with Crippen LogP contribution in [0, 0.1) is 0 Å². The van der Waals surface area contributed by atoms with Gasteiger partial charge in [-0.2, -0.15) is 0 Å². The number of hydrogen-bond donors (Lipinski definition) is 1. The topological polar surface area (TPSA) is 66.5 Å². The van der Waals surface area contributed by atoms with E-state index in [9.17, 15) is 13.2 Å². The zero-order chi connectivity index (χ0) is 18.6. The molecule has 1 aliphatic heterocycles. The molecule has 3 rings (SSSR count). The summed E-state index contributed by atoms with van der Waals surface area (Å²) in [5.74, 6) is -0.0717. The molecule has 2 aromatic rings. The van der Waals surface area contributed by atoms with Crippen molar-refractivity contribution in [2.75, 3.05) is 17.8 Å². The van der Waals surface area contributed by atoms with Crippen LogP contribution in [0.15, 0.2) is 39.9 Å². The van der Waals surface area contributed by atoms with Crippen molar-refractivity contribution in [2.45, 2.75) is 43.2 Å². The molecule has 0 saturated carbocycles. The van der Waals surface area contributed by atoms with Crippen LogP contribution in [-0.4, -0.2) is 32.3 Å². The summed E-state index contributed by atoms with van der Waals surface area (Å²) in [6, 6.07) is 8.84. The standard InChI is InChI=1S/C19H24N2O3S2/c1-2-15-8-7-9-17(12-15)20-26(23,24)18-13-16(14-25-18)19(22)21-10-5-3-4-6-11-21/h7-9,12-14,20H,2-6,10-11H2,1H3. The average molecular weight is 393 g/mol. The molecule has 1 aromatic carbocycles. The summed E-state index contributed by atoms with van der Waals surface area (Å²) in [5.41, 5.74) is 2.06. The average Bonchev–Trinajstić information content (AvgIpc) is 2.98. The van der Waals surface area contributed by atoms with Crippen LogP contribution >= 0.6 is 11.3 Å². The molecule has 7 heteroatoms. The number of thiophene rings is 1. The fraction of sp³-hybridized carbons (Fsp3) is 0.421. The van der Waals surface area contributed by atoms with Crippen molar-refractivity contribution in [1.29, 1.82) is 0 Å². The quantitative estimate of drug-likeness (QED) is 0.832. The first-order valence-electron chi connectivity index (χ1n) is 8.99. The molecule has 0 unspecified atom stereocenters. The van der Waals surface area contributed by atoms with Gasteiger partial charge in [0.25, 0.3) is 15.9 Å². The highest BCUT2D eigenvalue weighted by Gasteiger charge is 2.22. The van der Waals surface area contributed by atoms with Crippen molar-refractivity contribution in [2.24, 2.45) is 0 Å². The number of anilines is 1. The Hall–Kier alpha value is -1.86. The van der Waals surface area contributed by atoms with Gasteiger partial charge >= 0.3 is 0 Å². The Kier molecular flexibility index (Phi) is 5.98. The first-order chi connectivity index (χ1) is 12.5. The van der Waals surface area contributed by atoms with Crippen LogP contribution in [0.2, 0.25) is 0 Å². The number of nitrogens with zero attached hydrogens (tertiary/aromatic N) is 1. The van der Waals surface area contributed by atoms with E-state index in [4.69, 9.17) is 0 Å². The molecular formula is C19H24N2O3S2. The van der Waals surface area contributed by atoms with E-state index in [1.807, 2.05) is 30.0 Å². The SMILES string of the molecule is CCc1cccc(NS(=O)(=O)c2cc(C(=O)N3CCCCCC3)cs2)c1. The van der Waals surface area contributed by atoms with Crippen LogP contribution in [0.3, 0.4) is 0 Å². The van der Waals surface area contributed by atoms with E-state index in [0.717, 1.165) is 62.1 Å². The molecule has 140 valence electrons. The maximum absolute atomic E-state index is 12.7. The van der Waals surface area contributed by atoms with Gasteiger partial charge in [-0.25, -0.2) is 8.42 Å². The van der Waals surface area contributed by atoms with Crippen molar-refractivity contribution in [1.82, 2.24) is 4.90 Å². The summed E-state index contributed by atoms with van der Waals surface area (Å²) < 4.78 is 28.1. The molecule has 1 aliphatic rings. The number of sulfonamides is 1. The van der Waals surface area contributed by atoms with Crippen molar-refractivity contribution in [3.05, 3.63) is 46.8 Å². The van der Waals surface area contributed by atoms with Crippen LogP contribution in [0.1, 0.15) is 48.5 Å². The van der Waals surface area contributed by atoms with Crippen LogP contribution in [0.25, 0.3) is 0 Å². The number of aryl methyl sites for hydroxylation is 1. The lowest BCUT2D eigenvalue weighted by molar-refractivity contribution is 0.0762. The van der Waals surface area contributed by atoms with E-state index in [1.165, 1.54) is 6.07 Å². The molecular weight excluding hydrogens is 368 g/mol. The monoisotopic (exact) mass is 392 g/mol. The number of carbonyl (C=O) groups is 1. The van der Waals surface area contributed by atoms with E-state index in [-0.39, 0.29) is 10.1 Å². The van der Waals surface area contributed by atoms with Crippen LogP contribution in [-0.2, 0) is 16.4 Å². The van der Waals surface area contributed by atoms with E-state index in [1.54, 1.807) is 11.4 Å². The molecule has 1 N–H and O–H groups in total. The van der Waals surface area contributed by atoms with E-state index < -0.39 is 10.0 Å². The zero-order valence-corrected chi connectivity index (χ0v) is 16.5. The van der Waals surface area contributed by atoms with Crippen LogP contribution in [0.5, 0.6) is 0 Å². The third-order valence-corrected chi connectivity index (χ3v) is 7.39. The third kappa shape index (κ3) is 4.45. The molecule has 0 spiro atoms. The molecule has 2 heterocycles. The van der Waals surface area contributed by atoms with Gasteiger partial charge in [-0.05, 0) is 43.0 Å². The van der Waals surface area contributed by atoms with Crippen LogP contribution in [0.4, 0.5) is 5.69 Å². The number of hydrogen-bond acceptors (Lipinski definition) is 4. The summed E-state index contributed by atoms with van der Waals surface area (Å²) in [6.07, 6.45) is 5.15. The largest absolute Gasteiger partial charge is 0.339 e. The third-order valence-electron chi connectivity index (χ3n) is 4.57.